The van der Waals surface area contributed by atoms with Crippen LogP contribution in [0.2, 0.25) is 0 Å². The number of ether oxygens (including phenoxy) is 1. The first-order valence-corrected chi connectivity index (χ1v) is 7.03. The molecule has 0 atom stereocenters. The van der Waals surface area contributed by atoms with Gasteiger partial charge in [-0.05, 0) is 38.7 Å². The highest BCUT2D eigenvalue weighted by atomic mass is 16.5. The van der Waals surface area contributed by atoms with E-state index in [9.17, 15) is 9.90 Å². The summed E-state index contributed by atoms with van der Waals surface area (Å²) in [4.78, 5) is 19.8. The lowest BCUT2D eigenvalue weighted by Crippen LogP contribution is -2.42. The van der Waals surface area contributed by atoms with E-state index in [1.54, 1.807) is 25.4 Å². The van der Waals surface area contributed by atoms with Gasteiger partial charge in [0, 0.05) is 18.9 Å². The summed E-state index contributed by atoms with van der Waals surface area (Å²) in [6.45, 7) is 2.61. The Bertz CT molecular complexity index is 431. The number of hydrogen-bond donors (Lipinski definition) is 2. The summed E-state index contributed by atoms with van der Waals surface area (Å²) in [5.74, 6) is 0.283. The lowest BCUT2D eigenvalue weighted by atomic mass is 9.79. The van der Waals surface area contributed by atoms with E-state index in [-0.39, 0.29) is 11.9 Å². The Balaban J connectivity index is 1.81. The second-order valence-electron chi connectivity index (χ2n) is 5.18. The number of carbonyl (C=O) groups excluding carboxylic acids is 1. The standard InChI is InChI=1S/C14H21N3O3/c1-2-20-12(18)11-4-6-14(19,7-5-11)10-17-13-15-8-3-9-16-13/h3,8-9,11,19H,2,4-7,10H2,1H3,(H,15,16,17). The minimum Gasteiger partial charge on any atom is -0.466 e. The van der Waals surface area contributed by atoms with E-state index in [0.717, 1.165) is 0 Å². The summed E-state index contributed by atoms with van der Waals surface area (Å²) in [5.41, 5.74) is -0.803. The molecule has 1 heterocycles. The monoisotopic (exact) mass is 279 g/mol. The Labute approximate surface area is 118 Å². The minimum absolute atomic E-state index is 0.0804. The molecule has 0 saturated heterocycles. The average Bonchev–Trinajstić information content (AvgIpc) is 2.47. The molecule has 1 aromatic heterocycles. The van der Waals surface area contributed by atoms with E-state index >= 15 is 0 Å². The van der Waals surface area contributed by atoms with Crippen LogP contribution in [0.5, 0.6) is 0 Å². The summed E-state index contributed by atoms with van der Waals surface area (Å²) in [5, 5.41) is 13.5. The van der Waals surface area contributed by atoms with Gasteiger partial charge in [0.1, 0.15) is 0 Å². The number of rotatable bonds is 5. The number of aromatic nitrogens is 2. The van der Waals surface area contributed by atoms with Gasteiger partial charge >= 0.3 is 5.97 Å². The quantitative estimate of drug-likeness (QED) is 0.792. The van der Waals surface area contributed by atoms with Crippen LogP contribution < -0.4 is 5.32 Å². The van der Waals surface area contributed by atoms with Gasteiger partial charge in [0.2, 0.25) is 5.95 Å². The van der Waals surface area contributed by atoms with Gasteiger partial charge in [0.05, 0.1) is 18.1 Å². The normalized spacial score (nSPS) is 26.0. The molecule has 1 aromatic rings. The Morgan fingerprint density at radius 1 is 1.45 bits per heavy atom. The number of carbonyl (C=O) groups is 1. The van der Waals surface area contributed by atoms with Crippen molar-refractivity contribution in [3.63, 3.8) is 0 Å². The number of hydrogen-bond acceptors (Lipinski definition) is 6. The van der Waals surface area contributed by atoms with E-state index in [2.05, 4.69) is 15.3 Å². The van der Waals surface area contributed by atoms with Crippen molar-refractivity contribution in [1.82, 2.24) is 9.97 Å². The molecule has 0 aliphatic heterocycles. The van der Waals surface area contributed by atoms with E-state index in [0.29, 0.717) is 44.8 Å². The molecule has 110 valence electrons. The molecular formula is C14H21N3O3. The van der Waals surface area contributed by atoms with Crippen molar-refractivity contribution in [3.05, 3.63) is 18.5 Å². The van der Waals surface area contributed by atoms with Crippen LogP contribution in [0.3, 0.4) is 0 Å². The van der Waals surface area contributed by atoms with E-state index in [1.165, 1.54) is 0 Å². The predicted molar refractivity (Wildman–Crippen MR) is 74.1 cm³/mol. The van der Waals surface area contributed by atoms with Gasteiger partial charge in [-0.15, -0.1) is 0 Å². The molecule has 0 aromatic carbocycles. The van der Waals surface area contributed by atoms with Crippen molar-refractivity contribution in [3.8, 4) is 0 Å². The van der Waals surface area contributed by atoms with Crippen LogP contribution in [0.25, 0.3) is 0 Å². The van der Waals surface area contributed by atoms with Gasteiger partial charge in [-0.25, -0.2) is 9.97 Å². The maximum Gasteiger partial charge on any atom is 0.308 e. The van der Waals surface area contributed by atoms with Crippen LogP contribution in [-0.4, -0.2) is 39.8 Å². The third kappa shape index (κ3) is 3.90. The summed E-state index contributed by atoms with van der Waals surface area (Å²) in [7, 11) is 0. The Kier molecular flexibility index (Phi) is 4.89. The van der Waals surface area contributed by atoms with Crippen molar-refractivity contribution in [2.45, 2.75) is 38.2 Å². The number of esters is 1. The molecule has 6 nitrogen and oxygen atoms in total. The SMILES string of the molecule is CCOC(=O)C1CCC(O)(CNc2ncccn2)CC1. The third-order valence-electron chi connectivity index (χ3n) is 3.68. The molecule has 1 aliphatic carbocycles. The van der Waals surface area contributed by atoms with Gasteiger partial charge in [0.15, 0.2) is 0 Å². The smallest absolute Gasteiger partial charge is 0.308 e. The molecule has 0 bridgehead atoms. The van der Waals surface area contributed by atoms with E-state index in [4.69, 9.17) is 4.74 Å². The third-order valence-corrected chi connectivity index (χ3v) is 3.68. The molecule has 0 amide bonds. The topological polar surface area (TPSA) is 84.3 Å². The van der Waals surface area contributed by atoms with Gasteiger partial charge in [-0.3, -0.25) is 4.79 Å². The van der Waals surface area contributed by atoms with Crippen molar-refractivity contribution in [2.75, 3.05) is 18.5 Å². The molecule has 20 heavy (non-hydrogen) atoms. The molecule has 0 radical (unpaired) electrons. The maximum absolute atomic E-state index is 11.6. The first-order chi connectivity index (χ1) is 9.63. The summed E-state index contributed by atoms with van der Waals surface area (Å²) in [6.07, 6.45) is 5.78. The highest BCUT2D eigenvalue weighted by Crippen LogP contribution is 2.32. The maximum atomic E-state index is 11.6. The summed E-state index contributed by atoms with van der Waals surface area (Å²) >= 11 is 0. The molecule has 0 spiro atoms. The Morgan fingerprint density at radius 3 is 2.70 bits per heavy atom. The number of nitrogens with one attached hydrogen (secondary N) is 1. The summed E-state index contributed by atoms with van der Waals surface area (Å²) < 4.78 is 5.02. The predicted octanol–water partition coefficient (Wildman–Crippen LogP) is 1.37. The number of anilines is 1. The molecule has 1 aliphatic rings. The largest absolute Gasteiger partial charge is 0.466 e. The second kappa shape index (κ2) is 6.65. The van der Waals surface area contributed by atoms with Gasteiger partial charge < -0.3 is 15.2 Å². The number of aliphatic hydroxyl groups is 1. The Morgan fingerprint density at radius 2 is 2.10 bits per heavy atom. The first-order valence-electron chi connectivity index (χ1n) is 7.03. The second-order valence-corrected chi connectivity index (χ2v) is 5.18. The lowest BCUT2D eigenvalue weighted by Gasteiger charge is -2.35. The highest BCUT2D eigenvalue weighted by Gasteiger charge is 2.36. The minimum atomic E-state index is -0.803. The lowest BCUT2D eigenvalue weighted by molar-refractivity contribution is -0.150. The zero-order valence-electron chi connectivity index (χ0n) is 11.7. The van der Waals surface area contributed by atoms with Crippen LogP contribution in [0.1, 0.15) is 32.6 Å². The van der Waals surface area contributed by atoms with Crippen molar-refractivity contribution in [2.24, 2.45) is 5.92 Å². The van der Waals surface area contributed by atoms with Crippen LogP contribution in [0, 0.1) is 5.92 Å². The first kappa shape index (κ1) is 14.7. The number of nitrogens with zero attached hydrogens (tertiary/aromatic N) is 2. The fourth-order valence-corrected chi connectivity index (χ4v) is 2.46. The molecule has 1 saturated carbocycles. The van der Waals surface area contributed by atoms with Crippen LogP contribution in [0.4, 0.5) is 5.95 Å². The van der Waals surface area contributed by atoms with Gasteiger partial charge in [-0.1, -0.05) is 0 Å². The zero-order valence-corrected chi connectivity index (χ0v) is 11.7. The molecule has 0 unspecified atom stereocenters. The van der Waals surface area contributed by atoms with E-state index in [1.807, 2.05) is 0 Å². The molecule has 1 fully saturated rings. The molecule has 6 heteroatoms. The van der Waals surface area contributed by atoms with Crippen molar-refractivity contribution < 1.29 is 14.6 Å². The van der Waals surface area contributed by atoms with Crippen molar-refractivity contribution >= 4 is 11.9 Å². The van der Waals surface area contributed by atoms with Crippen LogP contribution in [0.15, 0.2) is 18.5 Å². The van der Waals surface area contributed by atoms with Crippen molar-refractivity contribution in [1.29, 1.82) is 0 Å². The summed E-state index contributed by atoms with van der Waals surface area (Å²) in [6, 6.07) is 1.74. The van der Waals surface area contributed by atoms with E-state index < -0.39 is 5.60 Å². The Hall–Kier alpha value is -1.69. The average molecular weight is 279 g/mol. The van der Waals surface area contributed by atoms with Crippen LogP contribution in [-0.2, 0) is 9.53 Å². The fourth-order valence-electron chi connectivity index (χ4n) is 2.46. The van der Waals surface area contributed by atoms with Crippen LogP contribution >= 0.6 is 0 Å². The van der Waals surface area contributed by atoms with Gasteiger partial charge in [0.25, 0.3) is 0 Å². The highest BCUT2D eigenvalue weighted by molar-refractivity contribution is 5.72. The zero-order chi connectivity index (χ0) is 14.4. The fraction of sp³-hybridized carbons (Fsp3) is 0.643. The molecule has 2 rings (SSSR count). The van der Waals surface area contributed by atoms with Gasteiger partial charge in [-0.2, -0.15) is 0 Å². The molecular weight excluding hydrogens is 258 g/mol. The molecule has 2 N–H and O–H groups in total.